The number of hydrogen-bond donors (Lipinski definition) is 0. The maximum atomic E-state index is 2.50. The normalized spacial score (nSPS) is 12.7. The second-order valence-corrected chi connectivity index (χ2v) is 15.4. The van der Waals surface area contributed by atoms with E-state index in [0.717, 1.165) is 0 Å². The first-order valence-corrected chi connectivity index (χ1v) is 15.1. The molecule has 0 saturated heterocycles. The van der Waals surface area contributed by atoms with Gasteiger partial charge < -0.3 is 4.15 Å². The fraction of sp³-hybridized carbons (Fsp3) is 1.00. The molecule has 0 radical (unpaired) electrons. The third kappa shape index (κ3) is 15.0. The quantitative estimate of drug-likeness (QED) is 0.169. The summed E-state index contributed by atoms with van der Waals surface area (Å²) in [5.41, 5.74) is 0. The van der Waals surface area contributed by atoms with Gasteiger partial charge in [-0.15, -0.1) is 0 Å². The van der Waals surface area contributed by atoms with Crippen LogP contribution in [0.3, 0.4) is 0 Å². The third-order valence-electron chi connectivity index (χ3n) is 6.39. The molecule has 1 nitrogen and oxygen atoms in total. The van der Waals surface area contributed by atoms with Crippen LogP contribution in [0.5, 0.6) is 0 Å². The van der Waals surface area contributed by atoms with Crippen molar-refractivity contribution in [2.75, 3.05) is 20.6 Å². The molecule has 0 aliphatic heterocycles. The summed E-state index contributed by atoms with van der Waals surface area (Å²) >= 11 is 0. The minimum absolute atomic E-state index is 1.06. The maximum Gasteiger partial charge on any atom is 0.276 e. The van der Waals surface area contributed by atoms with E-state index in [2.05, 4.69) is 40.7 Å². The van der Waals surface area contributed by atoms with Crippen LogP contribution in [0.1, 0.15) is 110 Å². The molecule has 0 aliphatic rings. The van der Waals surface area contributed by atoms with E-state index in [9.17, 15) is 0 Å². The molecule has 0 spiro atoms. The molecule has 0 aromatic heterocycles. The number of nitrogens with zero attached hydrogens (tertiary/aromatic N) is 1. The van der Waals surface area contributed by atoms with Crippen molar-refractivity contribution < 1.29 is 4.15 Å². The van der Waals surface area contributed by atoms with E-state index in [1.54, 1.807) is 0 Å². The lowest BCUT2D eigenvalue weighted by atomic mass is 10.0. The molecule has 0 amide bonds. The van der Waals surface area contributed by atoms with Gasteiger partial charge in [-0.1, -0.05) is 96.8 Å². The van der Waals surface area contributed by atoms with Crippen LogP contribution in [-0.2, 0) is 0 Å². The first-order valence-electron chi connectivity index (χ1n) is 11.6. The SMILES string of the molecule is CCCCCCCCCCCCCCCCCC[N+](C)(C)[Si](C)(C)C. The van der Waals surface area contributed by atoms with Gasteiger partial charge in [-0.3, -0.25) is 0 Å². The van der Waals surface area contributed by atoms with E-state index in [4.69, 9.17) is 0 Å². The van der Waals surface area contributed by atoms with Crippen molar-refractivity contribution in [3.63, 3.8) is 0 Å². The molecule has 25 heavy (non-hydrogen) atoms. The van der Waals surface area contributed by atoms with Gasteiger partial charge in [0.05, 0.1) is 20.6 Å². The van der Waals surface area contributed by atoms with Crippen LogP contribution >= 0.6 is 0 Å². The van der Waals surface area contributed by atoms with Crippen molar-refractivity contribution in [2.24, 2.45) is 0 Å². The molecule has 0 aromatic rings. The molecule has 0 aliphatic carbocycles. The lowest BCUT2D eigenvalue weighted by Gasteiger charge is -2.41. The monoisotopic (exact) mass is 370 g/mol. The van der Waals surface area contributed by atoms with E-state index >= 15 is 0 Å². The molecule has 0 fully saturated rings. The highest BCUT2D eigenvalue weighted by molar-refractivity contribution is 6.68. The summed E-state index contributed by atoms with van der Waals surface area (Å²) in [6.07, 6.45) is 23.4. The van der Waals surface area contributed by atoms with E-state index in [1.807, 2.05) is 0 Å². The molecule has 0 aromatic carbocycles. The smallest absolute Gasteiger partial charge is 0.276 e. The first-order chi connectivity index (χ1) is 11.8. The van der Waals surface area contributed by atoms with Crippen molar-refractivity contribution >= 4 is 8.24 Å². The van der Waals surface area contributed by atoms with Crippen molar-refractivity contribution in [1.82, 2.24) is 0 Å². The molecule has 0 rings (SSSR count). The molecular formula is C23H52NSi+. The van der Waals surface area contributed by atoms with Crippen LogP contribution < -0.4 is 0 Å². The minimum atomic E-state index is -1.06. The Morgan fingerprint density at radius 2 is 0.760 bits per heavy atom. The van der Waals surface area contributed by atoms with Gasteiger partial charge >= 0.3 is 0 Å². The van der Waals surface area contributed by atoms with Crippen LogP contribution in [0.4, 0.5) is 0 Å². The maximum absolute atomic E-state index is 2.50. The Hall–Kier alpha value is 0.177. The fourth-order valence-electron chi connectivity index (χ4n) is 3.39. The zero-order valence-corrected chi connectivity index (χ0v) is 20.0. The van der Waals surface area contributed by atoms with E-state index in [-0.39, 0.29) is 0 Å². The predicted octanol–water partition coefficient (Wildman–Crippen LogP) is 8.16. The van der Waals surface area contributed by atoms with E-state index in [1.165, 1.54) is 113 Å². The van der Waals surface area contributed by atoms with Crippen LogP contribution in [0.15, 0.2) is 0 Å². The second-order valence-electron chi connectivity index (χ2n) is 9.88. The molecule has 0 unspecified atom stereocenters. The lowest BCUT2D eigenvalue weighted by Crippen LogP contribution is -2.58. The number of unbranched alkanes of at least 4 members (excludes halogenated alkanes) is 15. The van der Waals surface area contributed by atoms with Gasteiger partial charge in [0.15, 0.2) is 0 Å². The van der Waals surface area contributed by atoms with E-state index < -0.39 is 8.24 Å². The fourth-order valence-corrected chi connectivity index (χ4v) is 4.22. The van der Waals surface area contributed by atoms with Gasteiger partial charge in [-0.25, -0.2) is 0 Å². The summed E-state index contributed by atoms with van der Waals surface area (Å²) in [6, 6.07) is 0. The van der Waals surface area contributed by atoms with Crippen LogP contribution in [0.2, 0.25) is 19.6 Å². The minimum Gasteiger partial charge on any atom is -0.389 e. The van der Waals surface area contributed by atoms with Crippen molar-refractivity contribution in [1.29, 1.82) is 0 Å². The van der Waals surface area contributed by atoms with Crippen LogP contribution in [0, 0.1) is 0 Å². The van der Waals surface area contributed by atoms with Gasteiger partial charge in [0.25, 0.3) is 8.24 Å². The number of hydrogen-bond acceptors (Lipinski definition) is 0. The van der Waals surface area contributed by atoms with Crippen molar-refractivity contribution in [3.05, 3.63) is 0 Å². The van der Waals surface area contributed by atoms with E-state index in [0.29, 0.717) is 0 Å². The molecule has 0 heterocycles. The Kier molecular flexibility index (Phi) is 15.4. The lowest BCUT2D eigenvalue weighted by molar-refractivity contribution is -0.791. The summed E-state index contributed by atoms with van der Waals surface area (Å²) in [4.78, 5) is 0. The second kappa shape index (κ2) is 15.3. The summed E-state index contributed by atoms with van der Waals surface area (Å²) in [6.45, 7) is 11.2. The average Bonchev–Trinajstić information content (AvgIpc) is 2.53. The van der Waals surface area contributed by atoms with Gasteiger partial charge in [-0.2, -0.15) is 0 Å². The van der Waals surface area contributed by atoms with Crippen LogP contribution in [-0.4, -0.2) is 33.0 Å². The summed E-state index contributed by atoms with van der Waals surface area (Å²) < 4.78 is 1.28. The highest BCUT2D eigenvalue weighted by Gasteiger charge is 2.34. The zero-order valence-electron chi connectivity index (χ0n) is 19.0. The molecule has 0 saturated carbocycles. The highest BCUT2D eigenvalue weighted by Crippen LogP contribution is 2.18. The standard InChI is InChI=1S/C23H52NSi/c1-7-8-9-10-11-12-13-14-15-16-17-18-19-20-21-22-23-24(2,3)25(4,5)6/h7-23H2,1-6H3/q+1. The van der Waals surface area contributed by atoms with Crippen LogP contribution in [0.25, 0.3) is 0 Å². The Bertz CT molecular complexity index is 280. The predicted molar refractivity (Wildman–Crippen MR) is 120 cm³/mol. The Morgan fingerprint density at radius 3 is 1.04 bits per heavy atom. The largest absolute Gasteiger partial charge is 0.389 e. The Labute approximate surface area is 162 Å². The average molecular weight is 371 g/mol. The van der Waals surface area contributed by atoms with Crippen molar-refractivity contribution in [3.8, 4) is 0 Å². The summed E-state index contributed by atoms with van der Waals surface area (Å²) in [5, 5.41) is 0. The Balaban J connectivity index is 3.22. The van der Waals surface area contributed by atoms with Gasteiger partial charge in [0.2, 0.25) is 0 Å². The molecule has 152 valence electrons. The van der Waals surface area contributed by atoms with Gasteiger partial charge in [0, 0.05) is 0 Å². The molecular weight excluding hydrogens is 318 g/mol. The van der Waals surface area contributed by atoms with Crippen molar-refractivity contribution in [2.45, 2.75) is 129 Å². The number of quaternary nitrogens is 1. The molecule has 2 heteroatoms. The van der Waals surface area contributed by atoms with Gasteiger partial charge in [0.1, 0.15) is 0 Å². The zero-order chi connectivity index (χ0) is 19.0. The first kappa shape index (κ1) is 25.2. The van der Waals surface area contributed by atoms with Gasteiger partial charge in [-0.05, 0) is 32.5 Å². The summed E-state index contributed by atoms with van der Waals surface area (Å²) in [5.74, 6) is 0. The molecule has 0 atom stereocenters. The summed E-state index contributed by atoms with van der Waals surface area (Å²) in [7, 11) is 3.83. The third-order valence-corrected chi connectivity index (χ3v) is 10.2. The molecule has 0 N–H and O–H groups in total. The highest BCUT2D eigenvalue weighted by atomic mass is 28.3. The topological polar surface area (TPSA) is 0 Å². The Morgan fingerprint density at radius 1 is 0.480 bits per heavy atom. The number of rotatable bonds is 18. The molecule has 0 bridgehead atoms.